The van der Waals surface area contributed by atoms with Crippen LogP contribution in [-0.2, 0) is 0 Å². The molecule has 0 saturated carbocycles. The molecule has 0 aliphatic rings. The van der Waals surface area contributed by atoms with Crippen molar-refractivity contribution in [3.63, 3.8) is 0 Å². The zero-order valence-electron chi connectivity index (χ0n) is 8.38. The Kier molecular flexibility index (Phi) is 3.80. The molecule has 2 nitrogen and oxygen atoms in total. The maximum Gasteiger partial charge on any atom is 0.425 e. The topological polar surface area (TPSA) is 29.5 Å². The molecule has 1 atom stereocenters. The number of methoxy groups -OCH3 is 1. The Balaban J connectivity index is 2.77. The van der Waals surface area contributed by atoms with Crippen molar-refractivity contribution in [3.05, 3.63) is 29.8 Å². The van der Waals surface area contributed by atoms with Crippen molar-refractivity contribution in [1.29, 1.82) is 0 Å². The molecule has 0 heterocycles. The van der Waals surface area contributed by atoms with Crippen molar-refractivity contribution < 1.29 is 23.0 Å². The summed E-state index contributed by atoms with van der Waals surface area (Å²) in [7, 11) is 1.48. The summed E-state index contributed by atoms with van der Waals surface area (Å²) in [6, 6.07) is 6.16. The first kappa shape index (κ1) is 12.4. The van der Waals surface area contributed by atoms with Gasteiger partial charge in [-0.15, -0.1) is 0 Å². The number of hydrogen-bond donors (Lipinski definition) is 1. The van der Waals surface area contributed by atoms with Gasteiger partial charge in [-0.1, -0.05) is 11.8 Å². The van der Waals surface area contributed by atoms with Crippen LogP contribution in [0.4, 0.5) is 13.2 Å². The fraction of sp³-hybridized carbons (Fsp3) is 0.273. The third kappa shape index (κ3) is 3.48. The summed E-state index contributed by atoms with van der Waals surface area (Å²) in [6.45, 7) is 0. The SMILES string of the molecule is COc1ccc(C#CC(O)C(F)(F)F)cc1. The Morgan fingerprint density at radius 3 is 2.25 bits per heavy atom. The molecule has 0 aromatic heterocycles. The van der Waals surface area contributed by atoms with Gasteiger partial charge in [0.25, 0.3) is 0 Å². The van der Waals surface area contributed by atoms with Crippen molar-refractivity contribution in [1.82, 2.24) is 0 Å². The first-order valence-corrected chi connectivity index (χ1v) is 4.34. The van der Waals surface area contributed by atoms with Gasteiger partial charge in [-0.25, -0.2) is 0 Å². The first-order valence-electron chi connectivity index (χ1n) is 4.34. The number of aliphatic hydroxyl groups is 1. The number of ether oxygens (including phenoxy) is 1. The van der Waals surface area contributed by atoms with Crippen molar-refractivity contribution in [2.75, 3.05) is 7.11 Å². The number of halogens is 3. The maximum absolute atomic E-state index is 11.9. The van der Waals surface area contributed by atoms with Gasteiger partial charge in [0.15, 0.2) is 0 Å². The standard InChI is InChI=1S/C11H9F3O2/c1-16-9-5-2-8(3-6-9)4-7-10(15)11(12,13)14/h2-3,5-6,10,15H,1H3. The number of alkyl halides is 3. The van der Waals surface area contributed by atoms with Gasteiger partial charge in [0.05, 0.1) is 7.11 Å². The Hall–Kier alpha value is -1.67. The molecule has 0 radical (unpaired) electrons. The molecule has 1 aromatic rings. The van der Waals surface area contributed by atoms with Crippen LogP contribution in [0, 0.1) is 11.8 Å². The minimum atomic E-state index is -4.71. The Morgan fingerprint density at radius 1 is 1.25 bits per heavy atom. The lowest BCUT2D eigenvalue weighted by Gasteiger charge is -2.06. The molecule has 0 spiro atoms. The van der Waals surface area contributed by atoms with E-state index in [0.29, 0.717) is 11.3 Å². The number of aliphatic hydroxyl groups excluding tert-OH is 1. The molecule has 1 unspecified atom stereocenters. The molecule has 0 saturated heterocycles. The molecule has 1 N–H and O–H groups in total. The third-order valence-electron chi connectivity index (χ3n) is 1.75. The van der Waals surface area contributed by atoms with E-state index in [9.17, 15) is 13.2 Å². The van der Waals surface area contributed by atoms with E-state index in [2.05, 4.69) is 5.92 Å². The molecule has 5 heteroatoms. The molecule has 0 aliphatic heterocycles. The minimum Gasteiger partial charge on any atom is -0.497 e. The summed E-state index contributed by atoms with van der Waals surface area (Å²) in [5.74, 6) is 4.53. The van der Waals surface area contributed by atoms with E-state index in [1.807, 2.05) is 0 Å². The summed E-state index contributed by atoms with van der Waals surface area (Å²) < 4.78 is 40.6. The largest absolute Gasteiger partial charge is 0.497 e. The van der Waals surface area contributed by atoms with E-state index in [-0.39, 0.29) is 0 Å². The van der Waals surface area contributed by atoms with E-state index < -0.39 is 12.3 Å². The van der Waals surface area contributed by atoms with Crippen molar-refractivity contribution in [2.24, 2.45) is 0 Å². The van der Waals surface area contributed by atoms with Gasteiger partial charge in [-0.2, -0.15) is 13.2 Å². The summed E-state index contributed by atoms with van der Waals surface area (Å²) in [4.78, 5) is 0. The fourth-order valence-electron chi connectivity index (χ4n) is 0.908. The van der Waals surface area contributed by atoms with Crippen LogP contribution in [0.25, 0.3) is 0 Å². The van der Waals surface area contributed by atoms with Crippen LogP contribution in [0.2, 0.25) is 0 Å². The molecule has 0 aliphatic carbocycles. The Morgan fingerprint density at radius 2 is 1.81 bits per heavy atom. The number of benzene rings is 1. The molecule has 1 rings (SSSR count). The summed E-state index contributed by atoms with van der Waals surface area (Å²) in [5, 5.41) is 8.62. The normalized spacial score (nSPS) is 12.6. The van der Waals surface area contributed by atoms with Crippen LogP contribution < -0.4 is 4.74 Å². The van der Waals surface area contributed by atoms with E-state index in [1.54, 1.807) is 18.1 Å². The van der Waals surface area contributed by atoms with Crippen LogP contribution in [-0.4, -0.2) is 24.5 Å². The molecule has 86 valence electrons. The third-order valence-corrected chi connectivity index (χ3v) is 1.75. The van der Waals surface area contributed by atoms with E-state index in [0.717, 1.165) is 0 Å². The molecule has 0 bridgehead atoms. The minimum absolute atomic E-state index is 0.379. The fourth-order valence-corrected chi connectivity index (χ4v) is 0.908. The van der Waals surface area contributed by atoms with Gasteiger partial charge < -0.3 is 9.84 Å². The first-order chi connectivity index (χ1) is 7.43. The highest BCUT2D eigenvalue weighted by molar-refractivity contribution is 5.38. The maximum atomic E-state index is 11.9. The van der Waals surface area contributed by atoms with Crippen LogP contribution in [0.5, 0.6) is 5.75 Å². The zero-order valence-corrected chi connectivity index (χ0v) is 8.38. The van der Waals surface area contributed by atoms with E-state index in [4.69, 9.17) is 9.84 Å². The quantitative estimate of drug-likeness (QED) is 0.747. The van der Waals surface area contributed by atoms with Crippen LogP contribution in [0.15, 0.2) is 24.3 Å². The lowest BCUT2D eigenvalue weighted by molar-refractivity contribution is -0.184. The second kappa shape index (κ2) is 4.90. The Bertz CT molecular complexity index is 398. The Labute approximate surface area is 90.7 Å². The van der Waals surface area contributed by atoms with Gasteiger partial charge in [0.2, 0.25) is 6.10 Å². The molecule has 16 heavy (non-hydrogen) atoms. The molecular formula is C11H9F3O2. The van der Waals surface area contributed by atoms with Gasteiger partial charge in [0, 0.05) is 5.56 Å². The monoisotopic (exact) mass is 230 g/mol. The highest BCUT2D eigenvalue weighted by Gasteiger charge is 2.36. The predicted octanol–water partition coefficient (Wildman–Crippen LogP) is 1.97. The van der Waals surface area contributed by atoms with Gasteiger partial charge in [-0.05, 0) is 24.3 Å². The average Bonchev–Trinajstić information content (AvgIpc) is 2.25. The summed E-state index contributed by atoms with van der Waals surface area (Å²) in [5.41, 5.74) is 0.379. The molecule has 1 aromatic carbocycles. The van der Waals surface area contributed by atoms with Crippen LogP contribution in [0.1, 0.15) is 5.56 Å². The second-order valence-electron chi connectivity index (χ2n) is 2.94. The van der Waals surface area contributed by atoms with Gasteiger partial charge in [-0.3, -0.25) is 0 Å². The molecule has 0 fully saturated rings. The molecule has 0 amide bonds. The van der Waals surface area contributed by atoms with Crippen molar-refractivity contribution in [3.8, 4) is 17.6 Å². The predicted molar refractivity (Wildman–Crippen MR) is 51.9 cm³/mol. The van der Waals surface area contributed by atoms with E-state index >= 15 is 0 Å². The summed E-state index contributed by atoms with van der Waals surface area (Å²) in [6.07, 6.45) is -7.32. The van der Waals surface area contributed by atoms with Crippen LogP contribution >= 0.6 is 0 Å². The smallest absolute Gasteiger partial charge is 0.425 e. The molecular weight excluding hydrogens is 221 g/mol. The van der Waals surface area contributed by atoms with E-state index in [1.165, 1.54) is 19.2 Å². The second-order valence-corrected chi connectivity index (χ2v) is 2.94. The van der Waals surface area contributed by atoms with Gasteiger partial charge in [0.1, 0.15) is 5.75 Å². The zero-order chi connectivity index (χ0) is 12.2. The van der Waals surface area contributed by atoms with Crippen molar-refractivity contribution >= 4 is 0 Å². The highest BCUT2D eigenvalue weighted by atomic mass is 19.4. The summed E-state index contributed by atoms with van der Waals surface area (Å²) >= 11 is 0. The van der Waals surface area contributed by atoms with Gasteiger partial charge >= 0.3 is 6.18 Å². The number of rotatable bonds is 1. The van der Waals surface area contributed by atoms with Crippen molar-refractivity contribution in [2.45, 2.75) is 12.3 Å². The number of hydrogen-bond acceptors (Lipinski definition) is 2. The lowest BCUT2D eigenvalue weighted by atomic mass is 10.2. The van der Waals surface area contributed by atoms with Crippen LogP contribution in [0.3, 0.4) is 0 Å². The average molecular weight is 230 g/mol. The highest BCUT2D eigenvalue weighted by Crippen LogP contribution is 2.19. The lowest BCUT2D eigenvalue weighted by Crippen LogP contribution is -2.26.